The Balaban J connectivity index is 2.01. The number of aromatic amines is 1. The SMILES string of the molecule is CC[C@H]1O[C@@H](n2cnc3c(=O)[nH]c(NC(=O)C(C)C)nc32)[C@H](F)[C@@H]1O. The predicted octanol–water partition coefficient (Wildman–Crippen LogP) is 0.720. The zero-order valence-electron chi connectivity index (χ0n) is 14.1. The van der Waals surface area contributed by atoms with Gasteiger partial charge in [-0.1, -0.05) is 20.8 Å². The van der Waals surface area contributed by atoms with Crippen molar-refractivity contribution in [2.45, 2.75) is 51.8 Å². The van der Waals surface area contributed by atoms with E-state index in [-0.39, 0.29) is 28.9 Å². The van der Waals surface area contributed by atoms with Gasteiger partial charge < -0.3 is 9.84 Å². The molecule has 0 saturated carbocycles. The minimum Gasteiger partial charge on any atom is -0.387 e. The first-order valence-corrected chi connectivity index (χ1v) is 8.08. The van der Waals surface area contributed by atoms with E-state index in [1.807, 2.05) is 0 Å². The van der Waals surface area contributed by atoms with Gasteiger partial charge in [0, 0.05) is 5.92 Å². The number of halogens is 1. The van der Waals surface area contributed by atoms with Crippen molar-refractivity contribution in [3.63, 3.8) is 0 Å². The molecule has 10 heteroatoms. The van der Waals surface area contributed by atoms with Crippen LogP contribution in [0, 0.1) is 5.92 Å². The monoisotopic (exact) mass is 353 g/mol. The molecule has 1 fully saturated rings. The van der Waals surface area contributed by atoms with Gasteiger partial charge in [0.15, 0.2) is 23.6 Å². The number of H-pyrrole nitrogens is 1. The van der Waals surface area contributed by atoms with Crippen molar-refractivity contribution < 1.29 is 19.0 Å². The Morgan fingerprint density at radius 2 is 2.28 bits per heavy atom. The number of imidazole rings is 1. The van der Waals surface area contributed by atoms with Gasteiger partial charge in [-0.15, -0.1) is 0 Å². The molecule has 2 aromatic rings. The van der Waals surface area contributed by atoms with Crippen LogP contribution in [0.1, 0.15) is 33.4 Å². The van der Waals surface area contributed by atoms with Crippen LogP contribution in [0.15, 0.2) is 11.1 Å². The van der Waals surface area contributed by atoms with Crippen molar-refractivity contribution in [3.8, 4) is 0 Å². The number of carbonyl (C=O) groups excluding carboxylic acids is 1. The second-order valence-corrected chi connectivity index (χ2v) is 6.29. The van der Waals surface area contributed by atoms with Crippen LogP contribution in [0.5, 0.6) is 0 Å². The zero-order chi connectivity index (χ0) is 18.3. The number of rotatable bonds is 4. The van der Waals surface area contributed by atoms with Gasteiger partial charge in [-0.05, 0) is 6.42 Å². The van der Waals surface area contributed by atoms with Crippen LogP contribution in [-0.4, -0.2) is 48.9 Å². The molecule has 0 bridgehead atoms. The molecule has 1 saturated heterocycles. The summed E-state index contributed by atoms with van der Waals surface area (Å²) in [4.78, 5) is 34.5. The number of hydrogen-bond acceptors (Lipinski definition) is 6. The van der Waals surface area contributed by atoms with Crippen molar-refractivity contribution >= 4 is 23.0 Å². The summed E-state index contributed by atoms with van der Waals surface area (Å²) in [6.45, 7) is 5.17. The summed E-state index contributed by atoms with van der Waals surface area (Å²) in [6.07, 6.45) is -3.07. The number of fused-ring (bicyclic) bond motifs is 1. The number of aliphatic hydroxyl groups excluding tert-OH is 1. The van der Waals surface area contributed by atoms with Gasteiger partial charge in [0.05, 0.1) is 12.4 Å². The first-order valence-electron chi connectivity index (χ1n) is 8.08. The smallest absolute Gasteiger partial charge is 0.280 e. The Labute approximate surface area is 142 Å². The van der Waals surface area contributed by atoms with Crippen molar-refractivity contribution in [2.75, 3.05) is 5.32 Å². The Morgan fingerprint density at radius 3 is 2.88 bits per heavy atom. The predicted molar refractivity (Wildman–Crippen MR) is 86.7 cm³/mol. The van der Waals surface area contributed by atoms with Crippen molar-refractivity contribution in [1.29, 1.82) is 0 Å². The van der Waals surface area contributed by atoms with Crippen LogP contribution in [-0.2, 0) is 9.53 Å². The third-order valence-corrected chi connectivity index (χ3v) is 4.17. The number of hydrogen-bond donors (Lipinski definition) is 3. The quantitative estimate of drug-likeness (QED) is 0.744. The summed E-state index contributed by atoms with van der Waals surface area (Å²) in [5.74, 6) is -0.686. The van der Waals surface area contributed by atoms with E-state index in [1.54, 1.807) is 20.8 Å². The molecule has 3 heterocycles. The standard InChI is InChI=1S/C15H20FN5O4/c1-4-7-10(22)8(16)14(25-7)21-5-17-9-11(21)18-15(20-13(9)24)19-12(23)6(2)3/h5-8,10,14,22H,4H2,1-3H3,(H2,18,19,20,23,24)/t7-,8-,10-,14-/m1/s1. The van der Waals surface area contributed by atoms with Crippen molar-refractivity contribution in [3.05, 3.63) is 16.7 Å². The van der Waals surface area contributed by atoms with Gasteiger partial charge in [0.2, 0.25) is 11.9 Å². The third kappa shape index (κ3) is 3.02. The van der Waals surface area contributed by atoms with Gasteiger partial charge in [-0.25, -0.2) is 9.37 Å². The minimum atomic E-state index is -1.68. The van der Waals surface area contributed by atoms with Crippen molar-refractivity contribution in [1.82, 2.24) is 19.5 Å². The fourth-order valence-corrected chi connectivity index (χ4v) is 2.70. The highest BCUT2D eigenvalue weighted by Gasteiger charge is 2.44. The van der Waals surface area contributed by atoms with E-state index >= 15 is 0 Å². The molecule has 1 aliphatic heterocycles. The van der Waals surface area contributed by atoms with Gasteiger partial charge >= 0.3 is 0 Å². The molecule has 3 N–H and O–H groups in total. The van der Waals surface area contributed by atoms with Gasteiger partial charge in [0.1, 0.15) is 6.10 Å². The molecule has 0 aromatic carbocycles. The second kappa shape index (κ2) is 6.52. The Hall–Kier alpha value is -2.33. The first kappa shape index (κ1) is 17.5. The molecule has 1 amide bonds. The Morgan fingerprint density at radius 1 is 1.56 bits per heavy atom. The lowest BCUT2D eigenvalue weighted by Crippen LogP contribution is -2.28. The number of nitrogens with zero attached hydrogens (tertiary/aromatic N) is 3. The van der Waals surface area contributed by atoms with E-state index in [9.17, 15) is 19.1 Å². The Kier molecular flexibility index (Phi) is 4.56. The highest BCUT2D eigenvalue weighted by Crippen LogP contribution is 2.34. The maximum absolute atomic E-state index is 14.4. The second-order valence-electron chi connectivity index (χ2n) is 6.29. The maximum atomic E-state index is 14.4. The number of nitrogens with one attached hydrogen (secondary N) is 2. The number of ether oxygens (including phenoxy) is 1. The number of amides is 1. The third-order valence-electron chi connectivity index (χ3n) is 4.17. The summed E-state index contributed by atoms with van der Waals surface area (Å²) in [6, 6.07) is 0. The maximum Gasteiger partial charge on any atom is 0.280 e. The number of anilines is 1. The summed E-state index contributed by atoms with van der Waals surface area (Å²) in [5, 5.41) is 12.4. The highest BCUT2D eigenvalue weighted by atomic mass is 19.1. The lowest BCUT2D eigenvalue weighted by atomic mass is 10.1. The normalized spacial score (nSPS) is 26.5. The molecule has 3 rings (SSSR count). The topological polar surface area (TPSA) is 122 Å². The molecular formula is C15H20FN5O4. The fourth-order valence-electron chi connectivity index (χ4n) is 2.70. The molecule has 0 unspecified atom stereocenters. The molecule has 9 nitrogen and oxygen atoms in total. The number of carbonyl (C=O) groups is 1. The molecule has 4 atom stereocenters. The molecule has 136 valence electrons. The Bertz CT molecular complexity index is 848. The molecule has 0 aliphatic carbocycles. The van der Waals surface area contributed by atoms with Crippen LogP contribution < -0.4 is 10.9 Å². The highest BCUT2D eigenvalue weighted by molar-refractivity contribution is 5.91. The molecule has 1 aliphatic rings. The van der Waals surface area contributed by atoms with E-state index in [0.717, 1.165) is 0 Å². The summed E-state index contributed by atoms with van der Waals surface area (Å²) >= 11 is 0. The van der Waals surface area contributed by atoms with E-state index < -0.39 is 30.2 Å². The average Bonchev–Trinajstić information content (AvgIpc) is 3.10. The lowest BCUT2D eigenvalue weighted by Gasteiger charge is -2.15. The van der Waals surface area contributed by atoms with E-state index in [2.05, 4.69) is 20.3 Å². The number of alkyl halides is 1. The first-order chi connectivity index (χ1) is 11.8. The van der Waals surface area contributed by atoms with E-state index in [1.165, 1.54) is 10.9 Å². The van der Waals surface area contributed by atoms with Gasteiger partial charge in [0.25, 0.3) is 5.56 Å². The molecule has 0 spiro atoms. The van der Waals surface area contributed by atoms with Crippen molar-refractivity contribution in [2.24, 2.45) is 5.92 Å². The van der Waals surface area contributed by atoms with Crippen LogP contribution in [0.3, 0.4) is 0 Å². The van der Waals surface area contributed by atoms with E-state index in [0.29, 0.717) is 6.42 Å². The van der Waals surface area contributed by atoms with E-state index in [4.69, 9.17) is 4.74 Å². The summed E-state index contributed by atoms with van der Waals surface area (Å²) < 4.78 is 21.2. The summed E-state index contributed by atoms with van der Waals surface area (Å²) in [7, 11) is 0. The van der Waals surface area contributed by atoms with Crippen LogP contribution in [0.25, 0.3) is 11.2 Å². The van der Waals surface area contributed by atoms with Gasteiger partial charge in [-0.3, -0.25) is 24.5 Å². The molecule has 25 heavy (non-hydrogen) atoms. The van der Waals surface area contributed by atoms with Crippen LogP contribution >= 0.6 is 0 Å². The number of aromatic nitrogens is 4. The lowest BCUT2D eigenvalue weighted by molar-refractivity contribution is -0.118. The largest absolute Gasteiger partial charge is 0.387 e. The molecular weight excluding hydrogens is 333 g/mol. The fraction of sp³-hybridized carbons (Fsp3) is 0.600. The van der Waals surface area contributed by atoms with Gasteiger partial charge in [-0.2, -0.15) is 4.98 Å². The zero-order valence-corrected chi connectivity index (χ0v) is 14.1. The minimum absolute atomic E-state index is 0.00668. The van der Waals surface area contributed by atoms with Crippen LogP contribution in [0.2, 0.25) is 0 Å². The average molecular weight is 353 g/mol. The molecule has 2 aromatic heterocycles. The number of aliphatic hydroxyl groups is 1. The molecule has 0 radical (unpaired) electrons. The summed E-state index contributed by atoms with van der Waals surface area (Å²) in [5.41, 5.74) is -0.504. The van der Waals surface area contributed by atoms with Crippen LogP contribution in [0.4, 0.5) is 10.3 Å².